The smallest absolute Gasteiger partial charge is 0.252 e. The van der Waals surface area contributed by atoms with E-state index in [1.165, 1.54) is 11.3 Å². The van der Waals surface area contributed by atoms with E-state index in [1.54, 1.807) is 10.4 Å². The number of hydrogen-bond acceptors (Lipinski definition) is 5. The summed E-state index contributed by atoms with van der Waals surface area (Å²) in [4.78, 5) is 1.10. The molecule has 2 heterocycles. The second-order valence-corrected chi connectivity index (χ2v) is 8.74. The molecule has 2 rings (SSSR count). The summed E-state index contributed by atoms with van der Waals surface area (Å²) in [7, 11) is -1.40. The summed E-state index contributed by atoms with van der Waals surface area (Å²) in [6.07, 6.45) is 0. The molecule has 0 amide bonds. The Morgan fingerprint density at radius 2 is 2.06 bits per heavy atom. The Hall–Kier alpha value is -0.0800. The van der Waals surface area contributed by atoms with Crippen molar-refractivity contribution in [2.75, 3.05) is 31.6 Å². The minimum atomic E-state index is -3.27. The van der Waals surface area contributed by atoms with Gasteiger partial charge in [0.25, 0.3) is 10.0 Å². The molecule has 0 aliphatic carbocycles. The zero-order valence-electron chi connectivity index (χ0n) is 10.6. The minimum Gasteiger partial charge on any atom is -0.315 e. The maximum Gasteiger partial charge on any atom is 0.252 e. The van der Waals surface area contributed by atoms with Crippen LogP contribution in [-0.4, -0.2) is 44.4 Å². The minimum absolute atomic E-state index is 0.483. The monoisotopic (exact) mass is 306 g/mol. The van der Waals surface area contributed by atoms with Crippen LogP contribution in [0.1, 0.15) is 10.4 Å². The maximum absolute atomic E-state index is 12.5. The van der Waals surface area contributed by atoms with E-state index in [2.05, 4.69) is 5.32 Å². The number of nitrogens with one attached hydrogen (secondary N) is 1. The average Bonchev–Trinajstić information content (AvgIpc) is 2.73. The molecule has 18 heavy (non-hydrogen) atoms. The summed E-state index contributed by atoms with van der Waals surface area (Å²) in [6, 6.07) is 1.80. The predicted octanol–water partition coefficient (Wildman–Crippen LogP) is 1.51. The number of sulfonamides is 1. The molecule has 0 bridgehead atoms. The lowest BCUT2D eigenvalue weighted by Gasteiger charge is -2.24. The summed E-state index contributed by atoms with van der Waals surface area (Å²) >= 11 is 3.20. The Kier molecular flexibility index (Phi) is 4.71. The van der Waals surface area contributed by atoms with E-state index in [1.807, 2.05) is 25.7 Å². The van der Waals surface area contributed by atoms with Crippen LogP contribution in [0.4, 0.5) is 0 Å². The van der Waals surface area contributed by atoms with Gasteiger partial charge in [0.05, 0.1) is 0 Å². The normalized spacial score (nSPS) is 18.1. The highest BCUT2D eigenvalue weighted by molar-refractivity contribution is 7.99. The fourth-order valence-corrected chi connectivity index (χ4v) is 6.20. The van der Waals surface area contributed by atoms with E-state index in [0.29, 0.717) is 17.3 Å². The van der Waals surface area contributed by atoms with E-state index >= 15 is 0 Å². The Labute approximate surface area is 117 Å². The largest absolute Gasteiger partial charge is 0.315 e. The molecule has 1 N–H and O–H groups in total. The summed E-state index contributed by atoms with van der Waals surface area (Å²) < 4.78 is 27.0. The highest BCUT2D eigenvalue weighted by atomic mass is 32.2. The third-order valence-corrected chi connectivity index (χ3v) is 7.43. The van der Waals surface area contributed by atoms with E-state index in [4.69, 9.17) is 0 Å². The molecule has 1 aromatic heterocycles. The van der Waals surface area contributed by atoms with Crippen molar-refractivity contribution in [2.24, 2.45) is 0 Å². The van der Waals surface area contributed by atoms with Gasteiger partial charge in [0.2, 0.25) is 0 Å². The fraction of sp³-hybridized carbons (Fsp3) is 0.636. The van der Waals surface area contributed by atoms with Crippen LogP contribution in [0.3, 0.4) is 0 Å². The first kappa shape index (κ1) is 14.3. The highest BCUT2D eigenvalue weighted by Crippen LogP contribution is 2.29. The summed E-state index contributed by atoms with van der Waals surface area (Å²) in [5.74, 6) is 1.79. The van der Waals surface area contributed by atoms with Crippen molar-refractivity contribution in [3.05, 3.63) is 16.5 Å². The molecule has 0 atom stereocenters. The highest BCUT2D eigenvalue weighted by Gasteiger charge is 2.28. The average molecular weight is 306 g/mol. The van der Waals surface area contributed by atoms with Gasteiger partial charge in [-0.15, -0.1) is 11.3 Å². The first-order chi connectivity index (χ1) is 8.55. The molecule has 0 aromatic carbocycles. The number of thiophene rings is 1. The van der Waals surface area contributed by atoms with E-state index < -0.39 is 10.0 Å². The van der Waals surface area contributed by atoms with Gasteiger partial charge in [-0.3, -0.25) is 0 Å². The van der Waals surface area contributed by atoms with Gasteiger partial charge in [-0.25, -0.2) is 8.42 Å². The lowest BCUT2D eigenvalue weighted by atomic mass is 10.3. The second-order valence-electron chi connectivity index (χ2n) is 4.22. The second kappa shape index (κ2) is 5.92. The van der Waals surface area contributed by atoms with Crippen LogP contribution >= 0.6 is 23.1 Å². The fourth-order valence-electron chi connectivity index (χ4n) is 1.87. The van der Waals surface area contributed by atoms with Crippen molar-refractivity contribution in [2.45, 2.75) is 17.7 Å². The molecule has 1 saturated heterocycles. The van der Waals surface area contributed by atoms with Gasteiger partial charge in [0, 0.05) is 36.0 Å². The van der Waals surface area contributed by atoms with Crippen LogP contribution in [0.25, 0.3) is 0 Å². The van der Waals surface area contributed by atoms with Crippen LogP contribution in [0.2, 0.25) is 0 Å². The van der Waals surface area contributed by atoms with Crippen molar-refractivity contribution in [1.29, 1.82) is 0 Å². The number of aryl methyl sites for hydroxylation is 1. The molecular weight excluding hydrogens is 288 g/mol. The Balaban J connectivity index is 2.26. The molecule has 0 unspecified atom stereocenters. The quantitative estimate of drug-likeness (QED) is 0.916. The molecule has 1 aromatic rings. The first-order valence-electron chi connectivity index (χ1n) is 5.87. The molecule has 1 aliphatic heterocycles. The predicted molar refractivity (Wildman–Crippen MR) is 77.9 cm³/mol. The van der Waals surface area contributed by atoms with E-state index in [-0.39, 0.29) is 0 Å². The zero-order chi connectivity index (χ0) is 13.2. The summed E-state index contributed by atoms with van der Waals surface area (Å²) in [6.45, 7) is 3.95. The van der Waals surface area contributed by atoms with Crippen molar-refractivity contribution in [3.63, 3.8) is 0 Å². The molecule has 1 fully saturated rings. The molecule has 1 aliphatic rings. The zero-order valence-corrected chi connectivity index (χ0v) is 13.1. The summed E-state index contributed by atoms with van der Waals surface area (Å²) in [5.41, 5.74) is 1.05. The van der Waals surface area contributed by atoms with E-state index in [0.717, 1.165) is 28.5 Å². The lowest BCUT2D eigenvalue weighted by molar-refractivity contribution is 0.445. The molecular formula is C11H18N2O2S3. The van der Waals surface area contributed by atoms with Crippen molar-refractivity contribution in [1.82, 2.24) is 9.62 Å². The summed E-state index contributed by atoms with van der Waals surface area (Å²) in [5, 5.41) is 3.07. The van der Waals surface area contributed by atoms with Crippen LogP contribution in [0.5, 0.6) is 0 Å². The van der Waals surface area contributed by atoms with Crippen LogP contribution in [0.15, 0.2) is 10.3 Å². The van der Waals surface area contributed by atoms with Gasteiger partial charge in [0.1, 0.15) is 4.21 Å². The van der Waals surface area contributed by atoms with Crippen molar-refractivity contribution >= 4 is 33.1 Å². The van der Waals surface area contributed by atoms with Crippen LogP contribution in [-0.2, 0) is 16.6 Å². The van der Waals surface area contributed by atoms with E-state index in [9.17, 15) is 8.42 Å². The number of thioether (sulfide) groups is 1. The van der Waals surface area contributed by atoms with Gasteiger partial charge in [-0.1, -0.05) is 0 Å². The van der Waals surface area contributed by atoms with Gasteiger partial charge in [-0.2, -0.15) is 16.1 Å². The van der Waals surface area contributed by atoms with Gasteiger partial charge in [0.15, 0.2) is 0 Å². The molecule has 0 saturated carbocycles. The third-order valence-electron chi connectivity index (χ3n) is 2.90. The number of nitrogens with zero attached hydrogens (tertiary/aromatic N) is 1. The van der Waals surface area contributed by atoms with Crippen LogP contribution < -0.4 is 5.32 Å². The molecule has 0 radical (unpaired) electrons. The molecule has 4 nitrogen and oxygen atoms in total. The van der Waals surface area contributed by atoms with Crippen molar-refractivity contribution in [3.8, 4) is 0 Å². The third kappa shape index (κ3) is 2.91. The van der Waals surface area contributed by atoms with Gasteiger partial charge in [-0.05, 0) is 25.6 Å². The van der Waals surface area contributed by atoms with Gasteiger partial charge >= 0.3 is 0 Å². The molecule has 7 heteroatoms. The van der Waals surface area contributed by atoms with Crippen molar-refractivity contribution < 1.29 is 8.42 Å². The van der Waals surface area contributed by atoms with Crippen LogP contribution in [0, 0.1) is 6.92 Å². The Morgan fingerprint density at radius 1 is 1.39 bits per heavy atom. The first-order valence-corrected chi connectivity index (χ1v) is 9.28. The number of rotatable bonds is 4. The SMILES string of the molecule is CNCc1sc(S(=O)(=O)N2CCSCC2)cc1C. The maximum atomic E-state index is 12.5. The number of hydrogen-bond donors (Lipinski definition) is 1. The topological polar surface area (TPSA) is 49.4 Å². The lowest BCUT2D eigenvalue weighted by Crippen LogP contribution is -2.37. The molecule has 0 spiro atoms. The Bertz CT molecular complexity index is 504. The van der Waals surface area contributed by atoms with Gasteiger partial charge < -0.3 is 5.32 Å². The Morgan fingerprint density at radius 3 is 2.67 bits per heavy atom. The standard InChI is InChI=1S/C11H18N2O2S3/c1-9-7-11(17-10(9)8-12-2)18(14,15)13-3-5-16-6-4-13/h7,12H,3-6,8H2,1-2H3. The molecule has 102 valence electrons.